The first-order chi connectivity index (χ1) is 14.8. The highest BCUT2D eigenvalue weighted by Gasteiger charge is 2.30. The number of hydrazine groups is 1. The topological polar surface area (TPSA) is 53.6 Å². The number of hydrogen-bond acceptors (Lipinski definition) is 3. The number of nitrogens with one attached hydrogen (secondary N) is 1. The van der Waals surface area contributed by atoms with Crippen LogP contribution >= 0.6 is 0 Å². The van der Waals surface area contributed by atoms with Crippen LogP contribution in [0.2, 0.25) is 0 Å². The second-order valence-electron chi connectivity index (χ2n) is 8.79. The highest BCUT2D eigenvalue weighted by molar-refractivity contribution is 5.99. The molecule has 7 heteroatoms. The van der Waals surface area contributed by atoms with Crippen molar-refractivity contribution in [1.82, 2.24) is 5.32 Å². The van der Waals surface area contributed by atoms with Crippen LogP contribution in [-0.4, -0.2) is 18.4 Å². The lowest BCUT2D eigenvalue weighted by atomic mass is 9.97. The first kappa shape index (κ1) is 25.5. The highest BCUT2D eigenvalue weighted by Crippen LogP contribution is 2.33. The van der Waals surface area contributed by atoms with Crippen LogP contribution in [0.1, 0.15) is 53.6 Å². The van der Waals surface area contributed by atoms with Crippen LogP contribution in [0.25, 0.3) is 16.8 Å². The van der Waals surface area contributed by atoms with E-state index in [-0.39, 0.29) is 12.9 Å². The van der Waals surface area contributed by atoms with Crippen molar-refractivity contribution in [3.63, 3.8) is 0 Å². The number of alkyl halides is 3. The monoisotopic (exact) mass is 448 g/mol. The number of nitrogens with zero attached hydrogens (tertiary/aromatic N) is 2. The Hall–Kier alpha value is -2.80. The van der Waals surface area contributed by atoms with Gasteiger partial charge in [-0.2, -0.15) is 13.2 Å². The van der Waals surface area contributed by atoms with Crippen molar-refractivity contribution in [2.75, 3.05) is 12.1 Å². The van der Waals surface area contributed by atoms with Gasteiger partial charge in [-0.05, 0) is 67.3 Å². The van der Waals surface area contributed by atoms with Gasteiger partial charge in [0.25, 0.3) is 0 Å². The van der Waals surface area contributed by atoms with E-state index in [0.717, 1.165) is 29.7 Å². The summed E-state index contributed by atoms with van der Waals surface area (Å²) in [6.07, 6.45) is -3.49. The van der Waals surface area contributed by atoms with Gasteiger partial charge < -0.3 is 5.32 Å². The summed E-state index contributed by atoms with van der Waals surface area (Å²) in [6, 6.07) is 10.8. The van der Waals surface area contributed by atoms with Gasteiger partial charge in [-0.1, -0.05) is 39.5 Å². The first-order valence-corrected chi connectivity index (χ1v) is 10.6. The van der Waals surface area contributed by atoms with E-state index in [0.29, 0.717) is 22.8 Å². The van der Waals surface area contributed by atoms with Crippen molar-refractivity contribution < 1.29 is 14.6 Å². The van der Waals surface area contributed by atoms with Crippen LogP contribution in [0.5, 0.6) is 0 Å². The zero-order chi connectivity index (χ0) is 24.3. The number of hydrogen-bond donors (Lipinski definition) is 2. The number of anilines is 1. The van der Waals surface area contributed by atoms with E-state index in [1.165, 1.54) is 17.1 Å². The van der Waals surface area contributed by atoms with Gasteiger partial charge in [0.2, 0.25) is 0 Å². The van der Waals surface area contributed by atoms with Crippen LogP contribution < -0.4 is 16.2 Å². The maximum absolute atomic E-state index is 13.0. The summed E-state index contributed by atoms with van der Waals surface area (Å²) in [7, 11) is 1.68. The summed E-state index contributed by atoms with van der Waals surface area (Å²) >= 11 is 0. The zero-order valence-corrected chi connectivity index (χ0v) is 19.6. The van der Waals surface area contributed by atoms with Crippen molar-refractivity contribution in [2.24, 2.45) is 16.8 Å². The predicted molar refractivity (Wildman–Crippen MR) is 130 cm³/mol. The lowest BCUT2D eigenvalue weighted by molar-refractivity contribution is -0.137. The number of nitrogens with two attached hydrogens (primary N) is 1. The molecule has 0 aliphatic carbocycles. The molecule has 0 spiro atoms. The third-order valence-corrected chi connectivity index (χ3v) is 5.46. The smallest absolute Gasteiger partial charge is 0.380 e. The molecule has 0 saturated heterocycles. The molecule has 2 rings (SSSR count). The maximum atomic E-state index is 13.0. The molecule has 0 unspecified atom stereocenters. The fourth-order valence-electron chi connectivity index (χ4n) is 3.29. The molecule has 0 bridgehead atoms. The van der Waals surface area contributed by atoms with Crippen molar-refractivity contribution in [3.8, 4) is 11.1 Å². The van der Waals surface area contributed by atoms with Gasteiger partial charge in [0.1, 0.15) is 5.84 Å². The SMILES string of the molecule is C=C(NC(C)(C)CC)c1cc(-c2ccc(C(F)(F)F)cc2)cc(N(N)C(=NC)C(C)C)c1.[HH]. The average molecular weight is 449 g/mol. The summed E-state index contributed by atoms with van der Waals surface area (Å²) in [5, 5.41) is 4.94. The maximum Gasteiger partial charge on any atom is 0.416 e. The predicted octanol–water partition coefficient (Wildman–Crippen LogP) is 6.73. The number of halogens is 3. The standard InChI is InChI=1S/C25H33F3N4.H2/c1-8-24(5,6)31-17(4)19-13-20(18-9-11-21(12-10-18)25(26,27)28)15-22(14-19)32(29)23(30-7)16(2)3;/h9-16,31H,4,8,29H2,1-3,5-7H3;1H. The van der Waals surface area contributed by atoms with Crippen molar-refractivity contribution in [1.29, 1.82) is 0 Å². The summed E-state index contributed by atoms with van der Waals surface area (Å²) in [5.41, 5.74) is 2.71. The van der Waals surface area contributed by atoms with E-state index < -0.39 is 11.7 Å². The molecule has 2 aromatic rings. The van der Waals surface area contributed by atoms with Crippen LogP contribution in [-0.2, 0) is 6.18 Å². The number of aliphatic imine (C=N–C) groups is 1. The quantitative estimate of drug-likeness (QED) is 0.214. The van der Waals surface area contributed by atoms with Crippen molar-refractivity contribution >= 4 is 17.2 Å². The molecule has 0 saturated carbocycles. The molecular weight excluding hydrogens is 413 g/mol. The van der Waals surface area contributed by atoms with Gasteiger partial charge in [-0.25, -0.2) is 5.84 Å². The minimum Gasteiger partial charge on any atom is -0.380 e. The lowest BCUT2D eigenvalue weighted by Gasteiger charge is -2.29. The number of rotatable bonds is 7. The Morgan fingerprint density at radius 2 is 1.72 bits per heavy atom. The Morgan fingerprint density at radius 3 is 2.19 bits per heavy atom. The molecule has 2 aromatic carbocycles. The Balaban J connectivity index is 0.00000544. The lowest BCUT2D eigenvalue weighted by Crippen LogP contribution is -2.40. The Kier molecular flexibility index (Phi) is 7.78. The van der Waals surface area contributed by atoms with Gasteiger partial charge in [0.15, 0.2) is 0 Å². The minimum absolute atomic E-state index is 0. The molecule has 4 nitrogen and oxygen atoms in total. The first-order valence-electron chi connectivity index (χ1n) is 10.6. The van der Waals surface area contributed by atoms with E-state index in [4.69, 9.17) is 5.84 Å². The Bertz CT molecular complexity index is 980. The van der Waals surface area contributed by atoms with Crippen LogP contribution in [0.4, 0.5) is 18.9 Å². The van der Waals surface area contributed by atoms with Gasteiger partial charge >= 0.3 is 6.18 Å². The Labute approximate surface area is 190 Å². The summed E-state index contributed by atoms with van der Waals surface area (Å²) in [6.45, 7) is 14.4. The third kappa shape index (κ3) is 6.13. The molecule has 32 heavy (non-hydrogen) atoms. The van der Waals surface area contributed by atoms with E-state index in [2.05, 4.69) is 37.7 Å². The van der Waals surface area contributed by atoms with Crippen molar-refractivity contribution in [3.05, 3.63) is 60.2 Å². The average Bonchev–Trinajstić information content (AvgIpc) is 2.72. The molecule has 0 aromatic heterocycles. The Morgan fingerprint density at radius 1 is 1.12 bits per heavy atom. The number of amidine groups is 1. The van der Waals surface area contributed by atoms with Crippen LogP contribution in [0, 0.1) is 5.92 Å². The van der Waals surface area contributed by atoms with E-state index >= 15 is 0 Å². The molecule has 0 heterocycles. The van der Waals surface area contributed by atoms with Crippen LogP contribution in [0.3, 0.4) is 0 Å². The molecule has 3 N–H and O–H groups in total. The molecule has 0 aliphatic rings. The highest BCUT2D eigenvalue weighted by atomic mass is 19.4. The fourth-order valence-corrected chi connectivity index (χ4v) is 3.29. The molecule has 176 valence electrons. The second-order valence-corrected chi connectivity index (χ2v) is 8.79. The van der Waals surface area contributed by atoms with Crippen molar-refractivity contribution in [2.45, 2.75) is 52.8 Å². The normalized spacial score (nSPS) is 12.8. The second kappa shape index (κ2) is 9.77. The molecular formula is C25H35F3N4. The zero-order valence-electron chi connectivity index (χ0n) is 19.6. The number of benzene rings is 2. The molecule has 0 atom stereocenters. The molecule has 0 aliphatic heterocycles. The van der Waals surface area contributed by atoms with E-state index in [1.807, 2.05) is 32.0 Å². The van der Waals surface area contributed by atoms with Gasteiger partial charge in [0.05, 0.1) is 11.3 Å². The van der Waals surface area contributed by atoms with Gasteiger partial charge in [-0.3, -0.25) is 10.0 Å². The molecule has 0 fully saturated rings. The van der Waals surface area contributed by atoms with Gasteiger partial charge in [0, 0.05) is 25.6 Å². The summed E-state index contributed by atoms with van der Waals surface area (Å²) in [4.78, 5) is 4.31. The summed E-state index contributed by atoms with van der Waals surface area (Å²) in [5.74, 6) is 7.18. The van der Waals surface area contributed by atoms with E-state index in [9.17, 15) is 13.2 Å². The van der Waals surface area contributed by atoms with E-state index in [1.54, 1.807) is 7.05 Å². The molecule has 0 radical (unpaired) electrons. The summed E-state index contributed by atoms with van der Waals surface area (Å²) < 4.78 is 39.0. The largest absolute Gasteiger partial charge is 0.416 e. The third-order valence-electron chi connectivity index (χ3n) is 5.46. The van der Waals surface area contributed by atoms with Crippen LogP contribution in [0.15, 0.2) is 54.0 Å². The van der Waals surface area contributed by atoms with Gasteiger partial charge in [-0.15, -0.1) is 0 Å². The minimum atomic E-state index is -4.38. The molecule has 0 amide bonds. The fraction of sp³-hybridized carbons (Fsp3) is 0.400.